The first-order valence-electron chi connectivity index (χ1n) is 11.7. The van der Waals surface area contributed by atoms with Crippen LogP contribution in [-0.2, 0) is 4.79 Å². The maximum atomic E-state index is 13.3. The Labute approximate surface area is 212 Å². The maximum absolute atomic E-state index is 13.3. The SMILES string of the molecule is CCC(NC(=O)C1=C=CN(c2cc(Nc3ccc4c(c3)OC(F)(F)O4)ncc2C)C=C1)c1ccccc1. The summed E-state index contributed by atoms with van der Waals surface area (Å²) in [6.45, 7) is 3.94. The van der Waals surface area contributed by atoms with Crippen molar-refractivity contribution in [1.82, 2.24) is 10.3 Å². The van der Waals surface area contributed by atoms with Crippen LogP contribution in [0.4, 0.5) is 26.0 Å². The number of benzene rings is 2. The molecule has 188 valence electrons. The molecule has 9 heteroatoms. The Kier molecular flexibility index (Phi) is 6.38. The number of hydrogen-bond acceptors (Lipinski definition) is 6. The molecule has 0 fully saturated rings. The van der Waals surface area contributed by atoms with E-state index in [-0.39, 0.29) is 23.4 Å². The highest BCUT2D eigenvalue weighted by atomic mass is 19.3. The summed E-state index contributed by atoms with van der Waals surface area (Å²) in [6.07, 6.45) is 3.96. The number of alkyl halides is 2. The van der Waals surface area contributed by atoms with Gasteiger partial charge in [0.2, 0.25) is 0 Å². The quantitative estimate of drug-likeness (QED) is 0.381. The van der Waals surface area contributed by atoms with Gasteiger partial charge in [-0.25, -0.2) is 4.98 Å². The third kappa shape index (κ3) is 5.32. The van der Waals surface area contributed by atoms with Gasteiger partial charge in [0.1, 0.15) is 5.82 Å². The van der Waals surface area contributed by atoms with Crippen LogP contribution < -0.4 is 25.0 Å². The molecule has 2 aliphatic heterocycles. The molecule has 0 aliphatic carbocycles. The van der Waals surface area contributed by atoms with Gasteiger partial charge in [-0.2, -0.15) is 0 Å². The predicted molar refractivity (Wildman–Crippen MR) is 136 cm³/mol. The number of ether oxygens (including phenoxy) is 2. The molecular formula is C28H24F2N4O3. The Morgan fingerprint density at radius 1 is 1.14 bits per heavy atom. The van der Waals surface area contributed by atoms with Crippen molar-refractivity contribution >= 4 is 23.1 Å². The number of nitrogens with zero attached hydrogens (tertiary/aromatic N) is 2. The number of aryl methyl sites for hydroxylation is 1. The molecule has 0 saturated carbocycles. The van der Waals surface area contributed by atoms with E-state index in [1.807, 2.05) is 55.1 Å². The van der Waals surface area contributed by atoms with Crippen molar-refractivity contribution in [3.63, 3.8) is 0 Å². The molecule has 1 unspecified atom stereocenters. The summed E-state index contributed by atoms with van der Waals surface area (Å²) in [4.78, 5) is 19.0. The molecule has 1 aromatic heterocycles. The lowest BCUT2D eigenvalue weighted by Gasteiger charge is -2.21. The van der Waals surface area contributed by atoms with Gasteiger partial charge in [-0.1, -0.05) is 43.0 Å². The number of amides is 1. The van der Waals surface area contributed by atoms with E-state index < -0.39 is 6.29 Å². The van der Waals surface area contributed by atoms with Gasteiger partial charge in [0.05, 0.1) is 23.5 Å². The van der Waals surface area contributed by atoms with Gasteiger partial charge >= 0.3 is 6.29 Å². The average Bonchev–Trinajstić information content (AvgIpc) is 3.22. The van der Waals surface area contributed by atoms with Crippen LogP contribution in [0, 0.1) is 6.92 Å². The van der Waals surface area contributed by atoms with E-state index in [1.54, 1.807) is 30.7 Å². The number of pyridine rings is 1. The third-order valence-electron chi connectivity index (χ3n) is 5.95. The Balaban J connectivity index is 1.30. The zero-order chi connectivity index (χ0) is 26.0. The standard InChI is InChI=1S/C28H24F2N4O3/c1-3-22(19-7-5-4-6-8-19)33-27(35)20-11-13-34(14-12-20)23-16-26(31-17-18(23)2)32-21-9-10-24-25(15-21)37-28(29,30)36-24/h4-11,13-17,22H,3H2,1-2H3,(H,31,32)(H,33,35). The number of carbonyl (C=O) groups is 1. The van der Waals surface area contributed by atoms with Gasteiger partial charge in [0.25, 0.3) is 5.91 Å². The van der Waals surface area contributed by atoms with E-state index in [0.717, 1.165) is 23.2 Å². The largest absolute Gasteiger partial charge is 0.586 e. The molecule has 7 nitrogen and oxygen atoms in total. The van der Waals surface area contributed by atoms with Crippen molar-refractivity contribution in [2.75, 3.05) is 10.2 Å². The molecule has 3 aromatic rings. The normalized spacial score (nSPS) is 15.8. The van der Waals surface area contributed by atoms with Gasteiger partial charge in [-0.15, -0.1) is 8.78 Å². The molecule has 2 aromatic carbocycles. The van der Waals surface area contributed by atoms with Crippen molar-refractivity contribution in [2.24, 2.45) is 0 Å². The van der Waals surface area contributed by atoms with Crippen LogP contribution in [0.2, 0.25) is 0 Å². The lowest BCUT2D eigenvalue weighted by molar-refractivity contribution is -0.286. The topological polar surface area (TPSA) is 75.7 Å². The van der Waals surface area contributed by atoms with E-state index in [0.29, 0.717) is 17.1 Å². The molecule has 2 aliphatic rings. The van der Waals surface area contributed by atoms with Gasteiger partial charge < -0.3 is 25.0 Å². The van der Waals surface area contributed by atoms with Crippen molar-refractivity contribution in [2.45, 2.75) is 32.6 Å². The number of nitrogens with one attached hydrogen (secondary N) is 2. The van der Waals surface area contributed by atoms with Crippen LogP contribution in [0.3, 0.4) is 0 Å². The Morgan fingerprint density at radius 2 is 1.92 bits per heavy atom. The number of aromatic nitrogens is 1. The highest BCUT2D eigenvalue weighted by Gasteiger charge is 2.43. The first kappa shape index (κ1) is 24.1. The summed E-state index contributed by atoms with van der Waals surface area (Å²) in [6, 6.07) is 16.0. The number of halogens is 2. The number of carbonyl (C=O) groups excluding carboxylic acids is 1. The predicted octanol–water partition coefficient (Wildman–Crippen LogP) is 6.10. The van der Waals surface area contributed by atoms with Crippen molar-refractivity contribution in [1.29, 1.82) is 0 Å². The van der Waals surface area contributed by atoms with E-state index in [2.05, 4.69) is 30.8 Å². The highest BCUT2D eigenvalue weighted by Crippen LogP contribution is 2.42. The van der Waals surface area contributed by atoms with Crippen molar-refractivity contribution in [3.05, 3.63) is 102 Å². The minimum absolute atomic E-state index is 0.0302. The van der Waals surface area contributed by atoms with E-state index in [9.17, 15) is 13.6 Å². The third-order valence-corrected chi connectivity index (χ3v) is 5.95. The second-order valence-corrected chi connectivity index (χ2v) is 8.57. The number of fused-ring (bicyclic) bond motifs is 1. The number of rotatable bonds is 7. The van der Waals surface area contributed by atoms with Crippen LogP contribution in [0.25, 0.3) is 0 Å². The van der Waals surface area contributed by atoms with Crippen LogP contribution >= 0.6 is 0 Å². The summed E-state index contributed by atoms with van der Waals surface area (Å²) < 4.78 is 35.6. The van der Waals surface area contributed by atoms with Crippen LogP contribution in [0.1, 0.15) is 30.5 Å². The Morgan fingerprint density at radius 3 is 2.65 bits per heavy atom. The Bertz CT molecular complexity index is 1430. The van der Waals surface area contributed by atoms with Crippen molar-refractivity contribution < 1.29 is 23.0 Å². The maximum Gasteiger partial charge on any atom is 0.586 e. The summed E-state index contributed by atoms with van der Waals surface area (Å²) >= 11 is 0. The second kappa shape index (κ2) is 9.79. The zero-order valence-corrected chi connectivity index (χ0v) is 20.2. The van der Waals surface area contributed by atoms with E-state index in [1.165, 1.54) is 12.1 Å². The zero-order valence-electron chi connectivity index (χ0n) is 20.2. The fourth-order valence-corrected chi connectivity index (χ4v) is 4.05. The van der Waals surface area contributed by atoms with Crippen LogP contribution in [0.5, 0.6) is 11.5 Å². The Hall–Kier alpha value is -4.62. The monoisotopic (exact) mass is 502 g/mol. The first-order valence-corrected chi connectivity index (χ1v) is 11.7. The molecule has 3 heterocycles. The average molecular weight is 503 g/mol. The fraction of sp³-hybridized carbons (Fsp3) is 0.179. The molecule has 0 spiro atoms. The summed E-state index contributed by atoms with van der Waals surface area (Å²) in [5.74, 6) is 0.203. The van der Waals surface area contributed by atoms with Gasteiger partial charge in [0.15, 0.2) is 11.5 Å². The van der Waals surface area contributed by atoms with Gasteiger partial charge in [-0.05, 0) is 42.7 Å². The molecule has 0 saturated heterocycles. The number of anilines is 3. The molecular weight excluding hydrogens is 478 g/mol. The molecule has 5 rings (SSSR count). The molecule has 37 heavy (non-hydrogen) atoms. The molecule has 1 amide bonds. The van der Waals surface area contributed by atoms with Gasteiger partial charge in [-0.3, -0.25) is 4.79 Å². The first-order chi connectivity index (χ1) is 17.8. The minimum atomic E-state index is -3.68. The van der Waals surface area contributed by atoms with Gasteiger partial charge in [0, 0.05) is 30.2 Å². The summed E-state index contributed by atoms with van der Waals surface area (Å²) in [5, 5.41) is 6.16. The molecule has 2 N–H and O–H groups in total. The molecule has 0 bridgehead atoms. The molecule has 0 radical (unpaired) electrons. The second-order valence-electron chi connectivity index (χ2n) is 8.57. The number of hydrogen-bond donors (Lipinski definition) is 2. The minimum Gasteiger partial charge on any atom is -0.395 e. The van der Waals surface area contributed by atoms with Crippen molar-refractivity contribution in [3.8, 4) is 11.5 Å². The lowest BCUT2D eigenvalue weighted by atomic mass is 10.0. The summed E-state index contributed by atoms with van der Waals surface area (Å²) in [5.41, 5.74) is 6.74. The van der Waals surface area contributed by atoms with E-state index >= 15 is 0 Å². The summed E-state index contributed by atoms with van der Waals surface area (Å²) in [7, 11) is 0. The molecule has 1 atom stereocenters. The lowest BCUT2D eigenvalue weighted by Crippen LogP contribution is -2.29. The van der Waals surface area contributed by atoms with Crippen LogP contribution in [-0.4, -0.2) is 17.2 Å². The van der Waals surface area contributed by atoms with Crippen LogP contribution in [0.15, 0.2) is 90.6 Å². The van der Waals surface area contributed by atoms with E-state index in [4.69, 9.17) is 0 Å². The fourth-order valence-electron chi connectivity index (χ4n) is 4.05. The highest BCUT2D eigenvalue weighted by molar-refractivity contribution is 5.96. The smallest absolute Gasteiger partial charge is 0.395 e.